The van der Waals surface area contributed by atoms with Crippen LogP contribution in [-0.4, -0.2) is 61.6 Å². The first-order chi connectivity index (χ1) is 9.36. The second kappa shape index (κ2) is 7.59. The van der Waals surface area contributed by atoms with Crippen LogP contribution in [0.15, 0.2) is 0 Å². The van der Waals surface area contributed by atoms with Gasteiger partial charge in [0.15, 0.2) is 0 Å². The van der Waals surface area contributed by atoms with Gasteiger partial charge in [-0.15, -0.1) is 0 Å². The van der Waals surface area contributed by atoms with Gasteiger partial charge in [0, 0.05) is 6.42 Å². The van der Waals surface area contributed by atoms with Crippen molar-refractivity contribution in [2.24, 2.45) is 0 Å². The smallest absolute Gasteiger partial charge is 0.411 e. The molecule has 21 heavy (non-hydrogen) atoms. The monoisotopic (exact) mass is 321 g/mol. The predicted molar refractivity (Wildman–Crippen MR) is 78.9 cm³/mol. The molecule has 0 unspecified atom stereocenters. The summed E-state index contributed by atoms with van der Waals surface area (Å²) in [7, 11) is -1.39. The minimum atomic E-state index is -2.59. The van der Waals surface area contributed by atoms with E-state index in [1.54, 1.807) is 13.8 Å². The van der Waals surface area contributed by atoms with Crippen LogP contribution in [0.25, 0.3) is 0 Å². The number of Topliss-reactive ketones (excluding diaryl/α,β-unsaturated/α-hetero) is 1. The Bertz CT molecular complexity index is 454. The molecule has 0 bridgehead atoms. The standard InChI is InChI=1S/C13H24NO6P/c1-10(15)7-13(2,3)20-12(17)14(8-11(16)19-4)9-21(5,6)18/h7-9H2,1-6H3. The SMILES string of the molecule is COC(=O)CN(CP(C)(C)=O)C(=O)OC(C)(C)CC(C)=O. The molecule has 0 N–H and O–H groups in total. The van der Waals surface area contributed by atoms with Crippen LogP contribution in [0, 0.1) is 0 Å². The number of ether oxygens (including phenoxy) is 2. The number of carbonyl (C=O) groups is 3. The maximum Gasteiger partial charge on any atom is 0.411 e. The molecule has 0 aromatic carbocycles. The van der Waals surface area contributed by atoms with Gasteiger partial charge in [-0.2, -0.15) is 0 Å². The van der Waals surface area contributed by atoms with Gasteiger partial charge >= 0.3 is 12.1 Å². The predicted octanol–water partition coefficient (Wildman–Crippen LogP) is 1.94. The third-order valence-corrected chi connectivity index (χ3v) is 3.38. The molecule has 1 amide bonds. The normalized spacial score (nSPS) is 11.7. The van der Waals surface area contributed by atoms with Crippen molar-refractivity contribution >= 4 is 25.0 Å². The van der Waals surface area contributed by atoms with Crippen LogP contribution < -0.4 is 0 Å². The van der Waals surface area contributed by atoms with E-state index in [0.29, 0.717) is 0 Å². The molecule has 0 atom stereocenters. The average Bonchev–Trinajstić information content (AvgIpc) is 2.23. The van der Waals surface area contributed by atoms with Crippen LogP contribution >= 0.6 is 7.14 Å². The van der Waals surface area contributed by atoms with Gasteiger partial charge in [0.05, 0.1) is 13.4 Å². The molecular weight excluding hydrogens is 297 g/mol. The Morgan fingerprint density at radius 3 is 2.10 bits per heavy atom. The van der Waals surface area contributed by atoms with Crippen LogP contribution in [-0.2, 0) is 23.6 Å². The lowest BCUT2D eigenvalue weighted by atomic mass is 10.0. The summed E-state index contributed by atoms with van der Waals surface area (Å²) in [6.45, 7) is 7.25. The van der Waals surface area contributed by atoms with Crippen molar-refractivity contribution in [3.8, 4) is 0 Å². The van der Waals surface area contributed by atoms with Gasteiger partial charge in [-0.3, -0.25) is 14.5 Å². The van der Waals surface area contributed by atoms with E-state index in [0.717, 1.165) is 4.90 Å². The van der Waals surface area contributed by atoms with Crippen molar-refractivity contribution in [2.75, 3.05) is 33.3 Å². The molecule has 0 saturated heterocycles. The molecule has 0 aliphatic carbocycles. The number of hydrogen-bond donors (Lipinski definition) is 0. The summed E-state index contributed by atoms with van der Waals surface area (Å²) in [4.78, 5) is 35.6. The second-order valence-electron chi connectivity index (χ2n) is 6.00. The van der Waals surface area contributed by atoms with E-state index in [-0.39, 0.29) is 25.0 Å². The molecule has 0 aromatic rings. The minimum absolute atomic E-state index is 0.0563. The lowest BCUT2D eigenvalue weighted by Crippen LogP contribution is -2.42. The zero-order chi connectivity index (χ0) is 16.8. The van der Waals surface area contributed by atoms with Crippen LogP contribution in [0.5, 0.6) is 0 Å². The van der Waals surface area contributed by atoms with E-state index >= 15 is 0 Å². The van der Waals surface area contributed by atoms with E-state index in [9.17, 15) is 18.9 Å². The summed E-state index contributed by atoms with van der Waals surface area (Å²) in [6, 6.07) is 0. The third-order valence-electron chi connectivity index (χ3n) is 2.36. The molecule has 0 fully saturated rings. The van der Waals surface area contributed by atoms with Gasteiger partial charge in [-0.05, 0) is 34.1 Å². The fourth-order valence-corrected chi connectivity index (χ4v) is 2.78. The Labute approximate surface area is 125 Å². The summed E-state index contributed by atoms with van der Waals surface area (Å²) in [5, 5.41) is 0. The van der Waals surface area contributed by atoms with Gasteiger partial charge in [-0.1, -0.05) is 0 Å². The summed E-state index contributed by atoms with van der Waals surface area (Å²) in [5.41, 5.74) is -0.997. The summed E-state index contributed by atoms with van der Waals surface area (Å²) < 4.78 is 21.6. The van der Waals surface area contributed by atoms with Crippen LogP contribution in [0.1, 0.15) is 27.2 Å². The number of rotatable bonds is 7. The van der Waals surface area contributed by atoms with Crippen LogP contribution in [0.3, 0.4) is 0 Å². The van der Waals surface area contributed by atoms with Crippen molar-refractivity contribution in [2.45, 2.75) is 32.8 Å². The summed E-state index contributed by atoms with van der Waals surface area (Å²) in [6.07, 6.45) is -0.840. The Kier molecular flexibility index (Phi) is 7.10. The second-order valence-corrected chi connectivity index (χ2v) is 9.43. The lowest BCUT2D eigenvalue weighted by molar-refractivity contribution is -0.141. The van der Waals surface area contributed by atoms with Gasteiger partial charge in [0.2, 0.25) is 0 Å². The van der Waals surface area contributed by atoms with Crippen molar-refractivity contribution in [3.05, 3.63) is 0 Å². The molecule has 0 aromatic heterocycles. The largest absolute Gasteiger partial charge is 0.468 e. The highest BCUT2D eigenvalue weighted by Gasteiger charge is 2.30. The van der Waals surface area contributed by atoms with E-state index in [1.165, 1.54) is 27.4 Å². The van der Waals surface area contributed by atoms with E-state index < -0.39 is 24.8 Å². The number of nitrogens with zero attached hydrogens (tertiary/aromatic N) is 1. The Morgan fingerprint density at radius 2 is 1.71 bits per heavy atom. The molecule has 8 heteroatoms. The molecule has 7 nitrogen and oxygen atoms in total. The first-order valence-electron chi connectivity index (χ1n) is 6.44. The molecule has 0 spiro atoms. The highest BCUT2D eigenvalue weighted by Crippen LogP contribution is 2.36. The molecular formula is C13H24NO6P. The summed E-state index contributed by atoms with van der Waals surface area (Å²) in [5.74, 6) is -0.756. The summed E-state index contributed by atoms with van der Waals surface area (Å²) >= 11 is 0. The number of carbonyl (C=O) groups excluding carboxylic acids is 3. The van der Waals surface area contributed by atoms with Gasteiger partial charge < -0.3 is 14.0 Å². The van der Waals surface area contributed by atoms with Gasteiger partial charge in [0.1, 0.15) is 25.1 Å². The first-order valence-corrected chi connectivity index (χ1v) is 9.23. The quantitative estimate of drug-likeness (QED) is 0.526. The van der Waals surface area contributed by atoms with E-state index in [2.05, 4.69) is 4.74 Å². The Morgan fingerprint density at radius 1 is 1.19 bits per heavy atom. The van der Waals surface area contributed by atoms with Crippen LogP contribution in [0.4, 0.5) is 4.79 Å². The van der Waals surface area contributed by atoms with Gasteiger partial charge in [-0.25, -0.2) is 4.79 Å². The van der Waals surface area contributed by atoms with E-state index in [4.69, 9.17) is 4.74 Å². The molecule has 0 radical (unpaired) electrons. The molecule has 0 heterocycles. The average molecular weight is 321 g/mol. The number of ketones is 1. The Balaban J connectivity index is 4.98. The van der Waals surface area contributed by atoms with Crippen LogP contribution in [0.2, 0.25) is 0 Å². The van der Waals surface area contributed by atoms with Crippen molar-refractivity contribution < 1.29 is 28.4 Å². The number of methoxy groups -OCH3 is 1. The zero-order valence-electron chi connectivity index (χ0n) is 13.5. The molecule has 0 aliphatic heterocycles. The Hall–Kier alpha value is -1.36. The zero-order valence-corrected chi connectivity index (χ0v) is 14.4. The third kappa shape index (κ3) is 9.24. The van der Waals surface area contributed by atoms with Crippen molar-refractivity contribution in [1.82, 2.24) is 4.90 Å². The lowest BCUT2D eigenvalue weighted by Gasteiger charge is -2.29. The van der Waals surface area contributed by atoms with E-state index in [1.807, 2.05) is 0 Å². The highest BCUT2D eigenvalue weighted by molar-refractivity contribution is 7.62. The van der Waals surface area contributed by atoms with Gasteiger partial charge in [0.25, 0.3) is 0 Å². The number of esters is 1. The van der Waals surface area contributed by atoms with Crippen molar-refractivity contribution in [1.29, 1.82) is 0 Å². The fourth-order valence-electron chi connectivity index (χ4n) is 1.74. The highest BCUT2D eigenvalue weighted by atomic mass is 31.2. The number of amides is 1. The van der Waals surface area contributed by atoms with Crippen molar-refractivity contribution in [3.63, 3.8) is 0 Å². The first kappa shape index (κ1) is 19.6. The minimum Gasteiger partial charge on any atom is -0.468 e. The fraction of sp³-hybridized carbons (Fsp3) is 0.769. The maximum absolute atomic E-state index is 12.1. The maximum atomic E-state index is 12.1. The molecule has 122 valence electrons. The topological polar surface area (TPSA) is 90.0 Å². The molecule has 0 rings (SSSR count). The molecule has 0 aliphatic rings. The molecule has 0 saturated carbocycles. The number of hydrogen-bond acceptors (Lipinski definition) is 6.